The van der Waals surface area contributed by atoms with Crippen molar-refractivity contribution in [2.75, 3.05) is 18.7 Å². The maximum atomic E-state index is 11.9. The van der Waals surface area contributed by atoms with E-state index in [0.29, 0.717) is 22.9 Å². The Morgan fingerprint density at radius 1 is 1.18 bits per heavy atom. The lowest BCUT2D eigenvalue weighted by atomic mass is 10.2. The Morgan fingerprint density at radius 3 is 2.91 bits per heavy atom. The molecule has 5 heteroatoms. The maximum Gasteiger partial charge on any atom is 0.262 e. The van der Waals surface area contributed by atoms with Crippen molar-refractivity contribution in [1.29, 1.82) is 0 Å². The Hall–Kier alpha value is -2.69. The van der Waals surface area contributed by atoms with E-state index >= 15 is 0 Å². The van der Waals surface area contributed by atoms with Crippen molar-refractivity contribution >= 4 is 11.6 Å². The SMILES string of the molecule is CCc1cccc(OCC(=O)Nc2ccc3c(c2)OCO3)c1. The second-order valence-corrected chi connectivity index (χ2v) is 4.91. The fraction of sp³-hybridized carbons (Fsp3) is 0.235. The average Bonchev–Trinajstić information content (AvgIpc) is 3.01. The molecular formula is C17H17NO4. The van der Waals surface area contributed by atoms with Crippen molar-refractivity contribution in [3.63, 3.8) is 0 Å². The van der Waals surface area contributed by atoms with E-state index < -0.39 is 0 Å². The fourth-order valence-electron chi connectivity index (χ4n) is 2.18. The van der Waals surface area contributed by atoms with E-state index in [1.54, 1.807) is 18.2 Å². The Labute approximate surface area is 128 Å². The molecule has 1 N–H and O–H groups in total. The van der Waals surface area contributed by atoms with Crippen LogP contribution in [0, 0.1) is 0 Å². The lowest BCUT2D eigenvalue weighted by Gasteiger charge is -2.09. The van der Waals surface area contributed by atoms with Crippen LogP contribution >= 0.6 is 0 Å². The first-order chi connectivity index (χ1) is 10.7. The lowest BCUT2D eigenvalue weighted by molar-refractivity contribution is -0.118. The highest BCUT2D eigenvalue weighted by Gasteiger charge is 2.14. The normalized spacial score (nSPS) is 12.0. The molecule has 0 spiro atoms. The van der Waals surface area contributed by atoms with Gasteiger partial charge >= 0.3 is 0 Å². The van der Waals surface area contributed by atoms with Crippen molar-refractivity contribution in [2.45, 2.75) is 13.3 Å². The molecule has 0 aromatic heterocycles. The van der Waals surface area contributed by atoms with E-state index in [1.807, 2.05) is 24.3 Å². The zero-order valence-electron chi connectivity index (χ0n) is 12.3. The van der Waals surface area contributed by atoms with Gasteiger partial charge in [-0.3, -0.25) is 4.79 Å². The first kappa shape index (κ1) is 14.3. The van der Waals surface area contributed by atoms with Gasteiger partial charge in [0.25, 0.3) is 5.91 Å². The van der Waals surface area contributed by atoms with Crippen LogP contribution in [-0.2, 0) is 11.2 Å². The van der Waals surface area contributed by atoms with Crippen molar-refractivity contribution in [3.05, 3.63) is 48.0 Å². The summed E-state index contributed by atoms with van der Waals surface area (Å²) in [4.78, 5) is 11.9. The fourth-order valence-corrected chi connectivity index (χ4v) is 2.18. The number of rotatable bonds is 5. The standard InChI is InChI=1S/C17H17NO4/c1-2-12-4-3-5-14(8-12)20-10-17(19)18-13-6-7-15-16(9-13)22-11-21-15/h3-9H,2,10-11H2,1H3,(H,18,19). The van der Waals surface area contributed by atoms with Crippen molar-refractivity contribution in [2.24, 2.45) is 0 Å². The molecule has 0 atom stereocenters. The molecule has 0 bridgehead atoms. The lowest BCUT2D eigenvalue weighted by Crippen LogP contribution is -2.20. The first-order valence-electron chi connectivity index (χ1n) is 7.16. The molecule has 0 saturated heterocycles. The van der Waals surface area contributed by atoms with Gasteiger partial charge < -0.3 is 19.5 Å². The highest BCUT2D eigenvalue weighted by atomic mass is 16.7. The molecular weight excluding hydrogens is 282 g/mol. The Bertz CT molecular complexity index is 684. The zero-order valence-corrected chi connectivity index (χ0v) is 12.3. The number of amides is 1. The molecule has 0 unspecified atom stereocenters. The van der Waals surface area contributed by atoms with Gasteiger partial charge in [-0.05, 0) is 36.2 Å². The van der Waals surface area contributed by atoms with E-state index in [4.69, 9.17) is 14.2 Å². The summed E-state index contributed by atoms with van der Waals surface area (Å²) < 4.78 is 16.0. The van der Waals surface area contributed by atoms with Gasteiger partial charge in [0.1, 0.15) is 5.75 Å². The van der Waals surface area contributed by atoms with Gasteiger partial charge in [0.15, 0.2) is 18.1 Å². The van der Waals surface area contributed by atoms with Gasteiger partial charge in [0.2, 0.25) is 6.79 Å². The average molecular weight is 299 g/mol. The molecule has 114 valence electrons. The van der Waals surface area contributed by atoms with Gasteiger partial charge in [-0.2, -0.15) is 0 Å². The zero-order chi connectivity index (χ0) is 15.4. The van der Waals surface area contributed by atoms with E-state index in [9.17, 15) is 4.79 Å². The molecule has 5 nitrogen and oxygen atoms in total. The number of hydrogen-bond acceptors (Lipinski definition) is 4. The maximum absolute atomic E-state index is 11.9. The number of fused-ring (bicyclic) bond motifs is 1. The highest BCUT2D eigenvalue weighted by molar-refractivity contribution is 5.92. The third-order valence-corrected chi connectivity index (χ3v) is 3.33. The largest absolute Gasteiger partial charge is 0.484 e. The van der Waals surface area contributed by atoms with E-state index in [-0.39, 0.29) is 19.3 Å². The molecule has 1 amide bonds. The Morgan fingerprint density at radius 2 is 2.05 bits per heavy atom. The highest BCUT2D eigenvalue weighted by Crippen LogP contribution is 2.34. The molecule has 0 saturated carbocycles. The monoisotopic (exact) mass is 299 g/mol. The van der Waals surface area contributed by atoms with Crippen LogP contribution in [0.25, 0.3) is 0 Å². The number of ether oxygens (including phenoxy) is 3. The van der Waals surface area contributed by atoms with Crippen molar-refractivity contribution in [3.8, 4) is 17.2 Å². The summed E-state index contributed by atoms with van der Waals surface area (Å²) in [6.07, 6.45) is 0.931. The predicted molar refractivity (Wildman–Crippen MR) is 82.5 cm³/mol. The van der Waals surface area contributed by atoms with Crippen LogP contribution in [0.15, 0.2) is 42.5 Å². The van der Waals surface area contributed by atoms with Crippen LogP contribution in [-0.4, -0.2) is 19.3 Å². The number of nitrogens with one attached hydrogen (secondary N) is 1. The summed E-state index contributed by atoms with van der Waals surface area (Å²) in [6.45, 7) is 2.25. The van der Waals surface area contributed by atoms with Gasteiger partial charge in [0, 0.05) is 11.8 Å². The number of benzene rings is 2. The van der Waals surface area contributed by atoms with Crippen LogP contribution in [0.3, 0.4) is 0 Å². The summed E-state index contributed by atoms with van der Waals surface area (Å²) in [7, 11) is 0. The first-order valence-corrected chi connectivity index (χ1v) is 7.16. The third-order valence-electron chi connectivity index (χ3n) is 3.33. The number of hydrogen-bond donors (Lipinski definition) is 1. The minimum Gasteiger partial charge on any atom is -0.484 e. The molecule has 1 heterocycles. The second kappa shape index (κ2) is 6.39. The van der Waals surface area contributed by atoms with Gasteiger partial charge in [0.05, 0.1) is 0 Å². The molecule has 3 rings (SSSR count). The van der Waals surface area contributed by atoms with Crippen LogP contribution in [0.4, 0.5) is 5.69 Å². The Balaban J connectivity index is 1.56. The summed E-state index contributed by atoms with van der Waals surface area (Å²) in [5, 5.41) is 2.77. The van der Waals surface area contributed by atoms with E-state index in [1.165, 1.54) is 5.56 Å². The molecule has 1 aliphatic rings. The van der Waals surface area contributed by atoms with Gasteiger partial charge in [-0.25, -0.2) is 0 Å². The van der Waals surface area contributed by atoms with Crippen molar-refractivity contribution < 1.29 is 19.0 Å². The number of anilines is 1. The van der Waals surface area contributed by atoms with Crippen LogP contribution < -0.4 is 19.5 Å². The predicted octanol–water partition coefficient (Wildman–Crippen LogP) is 3.00. The molecule has 22 heavy (non-hydrogen) atoms. The quantitative estimate of drug-likeness (QED) is 0.922. The summed E-state index contributed by atoms with van der Waals surface area (Å²) in [5.41, 5.74) is 1.83. The van der Waals surface area contributed by atoms with E-state index in [0.717, 1.165) is 6.42 Å². The van der Waals surface area contributed by atoms with Crippen LogP contribution in [0.1, 0.15) is 12.5 Å². The Kier molecular flexibility index (Phi) is 4.14. The molecule has 2 aromatic rings. The number of aryl methyl sites for hydroxylation is 1. The smallest absolute Gasteiger partial charge is 0.262 e. The third kappa shape index (κ3) is 3.31. The minimum absolute atomic E-state index is 0.0401. The molecule has 0 aliphatic carbocycles. The number of carbonyl (C=O) groups is 1. The summed E-state index contributed by atoms with van der Waals surface area (Å²) in [6, 6.07) is 13.0. The van der Waals surface area contributed by atoms with E-state index in [2.05, 4.69) is 12.2 Å². The van der Waals surface area contributed by atoms with Gasteiger partial charge in [-0.1, -0.05) is 19.1 Å². The van der Waals surface area contributed by atoms with Crippen LogP contribution in [0.2, 0.25) is 0 Å². The number of carbonyl (C=O) groups excluding carboxylic acids is 1. The summed E-state index contributed by atoms with van der Waals surface area (Å²) in [5.74, 6) is 1.79. The molecule has 0 fully saturated rings. The second-order valence-electron chi connectivity index (χ2n) is 4.91. The summed E-state index contributed by atoms with van der Waals surface area (Å²) >= 11 is 0. The molecule has 0 radical (unpaired) electrons. The van der Waals surface area contributed by atoms with Gasteiger partial charge in [-0.15, -0.1) is 0 Å². The molecule has 2 aromatic carbocycles. The van der Waals surface area contributed by atoms with Crippen LogP contribution in [0.5, 0.6) is 17.2 Å². The topological polar surface area (TPSA) is 56.8 Å². The minimum atomic E-state index is -0.222. The molecule has 1 aliphatic heterocycles. The van der Waals surface area contributed by atoms with Crippen molar-refractivity contribution in [1.82, 2.24) is 0 Å².